The van der Waals surface area contributed by atoms with Crippen molar-refractivity contribution in [2.75, 3.05) is 31.1 Å². The van der Waals surface area contributed by atoms with E-state index in [4.69, 9.17) is 0 Å². The first-order valence-electron chi connectivity index (χ1n) is 9.10. The molecule has 1 aliphatic rings. The van der Waals surface area contributed by atoms with E-state index in [9.17, 15) is 17.6 Å². The second-order valence-electron chi connectivity index (χ2n) is 7.76. The number of benzene rings is 1. The van der Waals surface area contributed by atoms with E-state index in [1.54, 1.807) is 44.0 Å². The van der Waals surface area contributed by atoms with Crippen molar-refractivity contribution in [1.29, 1.82) is 0 Å². The van der Waals surface area contributed by atoms with Crippen LogP contribution in [0.25, 0.3) is 0 Å². The second kappa shape index (κ2) is 7.50. The lowest BCUT2D eigenvalue weighted by Gasteiger charge is -2.36. The van der Waals surface area contributed by atoms with Gasteiger partial charge in [-0.2, -0.15) is 0 Å². The molecule has 1 amide bonds. The SMILES string of the molecule is CC(C)(C)S(=O)(=O)c1ccc(N2CCN(C(=O)c3cccc(F)c3)CC2)cn1. The van der Waals surface area contributed by atoms with Gasteiger partial charge in [-0.1, -0.05) is 6.07 Å². The number of hydrogen-bond donors (Lipinski definition) is 0. The van der Waals surface area contributed by atoms with Gasteiger partial charge in [0.15, 0.2) is 14.9 Å². The lowest BCUT2D eigenvalue weighted by atomic mass is 10.1. The predicted molar refractivity (Wildman–Crippen MR) is 106 cm³/mol. The zero-order chi connectivity index (χ0) is 20.5. The number of sulfone groups is 1. The fraction of sp³-hybridized carbons (Fsp3) is 0.400. The number of hydrogen-bond acceptors (Lipinski definition) is 5. The van der Waals surface area contributed by atoms with E-state index in [0.29, 0.717) is 31.7 Å². The van der Waals surface area contributed by atoms with Gasteiger partial charge in [0.25, 0.3) is 5.91 Å². The number of aromatic nitrogens is 1. The molecule has 0 bridgehead atoms. The molecule has 1 aliphatic heterocycles. The van der Waals surface area contributed by atoms with Crippen molar-refractivity contribution in [3.8, 4) is 0 Å². The number of carbonyl (C=O) groups excluding carboxylic acids is 1. The fourth-order valence-corrected chi connectivity index (χ4v) is 4.07. The maximum Gasteiger partial charge on any atom is 0.254 e. The average molecular weight is 405 g/mol. The Bertz CT molecular complexity index is 961. The highest BCUT2D eigenvalue weighted by Gasteiger charge is 2.32. The van der Waals surface area contributed by atoms with E-state index in [1.807, 2.05) is 0 Å². The van der Waals surface area contributed by atoms with Crippen molar-refractivity contribution in [2.45, 2.75) is 30.5 Å². The number of piperazine rings is 1. The molecule has 0 radical (unpaired) electrons. The lowest BCUT2D eigenvalue weighted by Crippen LogP contribution is -2.48. The monoisotopic (exact) mass is 405 g/mol. The topological polar surface area (TPSA) is 70.6 Å². The van der Waals surface area contributed by atoms with Crippen molar-refractivity contribution in [1.82, 2.24) is 9.88 Å². The van der Waals surface area contributed by atoms with Crippen LogP contribution in [0.15, 0.2) is 47.6 Å². The van der Waals surface area contributed by atoms with Gasteiger partial charge in [0.05, 0.1) is 16.6 Å². The predicted octanol–water partition coefficient (Wildman–Crippen LogP) is 2.76. The zero-order valence-electron chi connectivity index (χ0n) is 16.2. The summed E-state index contributed by atoms with van der Waals surface area (Å²) in [6, 6.07) is 8.96. The second-order valence-corrected chi connectivity index (χ2v) is 10.4. The van der Waals surface area contributed by atoms with Crippen LogP contribution in [-0.4, -0.2) is 55.1 Å². The van der Waals surface area contributed by atoms with Crippen LogP contribution in [0, 0.1) is 5.82 Å². The summed E-state index contributed by atoms with van der Waals surface area (Å²) in [5.74, 6) is -0.621. The summed E-state index contributed by atoms with van der Waals surface area (Å²) in [5.41, 5.74) is 1.15. The molecular weight excluding hydrogens is 381 g/mol. The first-order valence-corrected chi connectivity index (χ1v) is 10.6. The summed E-state index contributed by atoms with van der Waals surface area (Å²) < 4.78 is 37.4. The molecule has 0 saturated carbocycles. The van der Waals surface area contributed by atoms with Gasteiger partial charge in [-0.3, -0.25) is 4.79 Å². The maximum absolute atomic E-state index is 13.3. The first-order chi connectivity index (χ1) is 13.1. The number of nitrogens with zero attached hydrogens (tertiary/aromatic N) is 3. The van der Waals surface area contributed by atoms with Crippen LogP contribution in [-0.2, 0) is 9.84 Å². The van der Waals surface area contributed by atoms with Gasteiger partial charge in [-0.15, -0.1) is 0 Å². The number of pyridine rings is 1. The van der Waals surface area contributed by atoms with Crippen LogP contribution in [0.2, 0.25) is 0 Å². The van der Waals surface area contributed by atoms with Crippen molar-refractivity contribution < 1.29 is 17.6 Å². The minimum Gasteiger partial charge on any atom is -0.367 e. The number of anilines is 1. The van der Waals surface area contributed by atoms with Crippen LogP contribution in [0.5, 0.6) is 0 Å². The van der Waals surface area contributed by atoms with Gasteiger partial charge in [0, 0.05) is 31.7 Å². The molecule has 0 aliphatic carbocycles. The number of carbonyl (C=O) groups is 1. The zero-order valence-corrected chi connectivity index (χ0v) is 17.0. The minimum absolute atomic E-state index is 0.0590. The summed E-state index contributed by atoms with van der Waals surface area (Å²) in [4.78, 5) is 20.4. The molecule has 2 heterocycles. The Kier molecular flexibility index (Phi) is 5.43. The van der Waals surface area contributed by atoms with Crippen molar-refractivity contribution in [2.24, 2.45) is 0 Å². The molecule has 0 atom stereocenters. The van der Waals surface area contributed by atoms with E-state index in [-0.39, 0.29) is 10.9 Å². The molecule has 1 aromatic carbocycles. The third kappa shape index (κ3) is 4.01. The number of rotatable bonds is 3. The molecule has 6 nitrogen and oxygen atoms in total. The molecule has 1 aromatic heterocycles. The molecule has 2 aromatic rings. The molecule has 0 unspecified atom stereocenters. The van der Waals surface area contributed by atoms with Gasteiger partial charge in [-0.05, 0) is 51.1 Å². The average Bonchev–Trinajstić information content (AvgIpc) is 2.67. The molecule has 8 heteroatoms. The largest absolute Gasteiger partial charge is 0.367 e. The highest BCUT2D eigenvalue weighted by Crippen LogP contribution is 2.25. The van der Waals surface area contributed by atoms with E-state index < -0.39 is 20.4 Å². The smallest absolute Gasteiger partial charge is 0.254 e. The van der Waals surface area contributed by atoms with Gasteiger partial charge in [-0.25, -0.2) is 17.8 Å². The summed E-state index contributed by atoms with van der Waals surface area (Å²) in [7, 11) is -3.49. The van der Waals surface area contributed by atoms with Crippen molar-refractivity contribution in [3.63, 3.8) is 0 Å². The van der Waals surface area contributed by atoms with Crippen LogP contribution in [0.3, 0.4) is 0 Å². The summed E-state index contributed by atoms with van der Waals surface area (Å²) in [5, 5.41) is 0.0590. The normalized spacial score (nSPS) is 15.6. The van der Waals surface area contributed by atoms with Crippen LogP contribution >= 0.6 is 0 Å². The van der Waals surface area contributed by atoms with Gasteiger partial charge in [0.1, 0.15) is 5.82 Å². The third-order valence-electron chi connectivity index (χ3n) is 4.81. The Morgan fingerprint density at radius 3 is 2.29 bits per heavy atom. The summed E-state index contributed by atoms with van der Waals surface area (Å²) in [6.45, 7) is 7.11. The number of halogens is 1. The van der Waals surface area contributed by atoms with E-state index in [1.165, 1.54) is 24.3 Å². The molecule has 1 fully saturated rings. The van der Waals surface area contributed by atoms with E-state index in [0.717, 1.165) is 5.69 Å². The van der Waals surface area contributed by atoms with Gasteiger partial charge >= 0.3 is 0 Å². The Hall–Kier alpha value is -2.48. The van der Waals surface area contributed by atoms with Gasteiger partial charge in [0.2, 0.25) is 0 Å². The quantitative estimate of drug-likeness (QED) is 0.785. The molecule has 0 spiro atoms. The Morgan fingerprint density at radius 2 is 1.75 bits per heavy atom. The number of amides is 1. The molecule has 28 heavy (non-hydrogen) atoms. The highest BCUT2D eigenvalue weighted by atomic mass is 32.2. The van der Waals surface area contributed by atoms with Crippen molar-refractivity contribution in [3.05, 3.63) is 54.0 Å². The van der Waals surface area contributed by atoms with Gasteiger partial charge < -0.3 is 9.80 Å². The van der Waals surface area contributed by atoms with E-state index in [2.05, 4.69) is 9.88 Å². The fourth-order valence-electron chi connectivity index (χ4n) is 3.00. The Balaban J connectivity index is 1.66. The minimum atomic E-state index is -3.49. The molecule has 3 rings (SSSR count). The first kappa shape index (κ1) is 20.3. The third-order valence-corrected chi connectivity index (χ3v) is 7.21. The lowest BCUT2D eigenvalue weighted by molar-refractivity contribution is 0.0746. The standard InChI is InChI=1S/C20H24FN3O3S/c1-20(2,3)28(26,27)18-8-7-17(14-22-18)23-9-11-24(12-10-23)19(25)15-5-4-6-16(21)13-15/h4-8,13-14H,9-12H2,1-3H3. The summed E-state index contributed by atoms with van der Waals surface area (Å²) >= 11 is 0. The molecule has 0 N–H and O–H groups in total. The van der Waals surface area contributed by atoms with E-state index >= 15 is 0 Å². The highest BCUT2D eigenvalue weighted by molar-refractivity contribution is 7.92. The Morgan fingerprint density at radius 1 is 1.07 bits per heavy atom. The Labute approximate surface area is 164 Å². The molecular formula is C20H24FN3O3S. The summed E-state index contributed by atoms with van der Waals surface area (Å²) in [6.07, 6.45) is 1.56. The van der Waals surface area contributed by atoms with Crippen LogP contribution < -0.4 is 4.90 Å². The van der Waals surface area contributed by atoms with Crippen molar-refractivity contribution >= 4 is 21.4 Å². The molecule has 150 valence electrons. The van der Waals surface area contributed by atoms with Crippen LogP contribution in [0.4, 0.5) is 10.1 Å². The maximum atomic E-state index is 13.3. The van der Waals surface area contributed by atoms with Crippen LogP contribution in [0.1, 0.15) is 31.1 Å². The molecule has 1 saturated heterocycles.